The molecule has 0 unspecified atom stereocenters. The Morgan fingerprint density at radius 3 is 2.88 bits per heavy atom. The van der Waals surface area contributed by atoms with Gasteiger partial charge >= 0.3 is 6.03 Å². The molecule has 1 fully saturated rings. The summed E-state index contributed by atoms with van der Waals surface area (Å²) in [6, 6.07) is 5.96. The van der Waals surface area contributed by atoms with E-state index in [0.717, 1.165) is 12.8 Å². The molecule has 0 aromatic heterocycles. The molecule has 2 rings (SSSR count). The molecule has 0 heterocycles. The van der Waals surface area contributed by atoms with Crippen LogP contribution in [0, 0.1) is 5.82 Å². The first kappa shape index (κ1) is 11.9. The van der Waals surface area contributed by atoms with Crippen molar-refractivity contribution in [2.75, 3.05) is 18.4 Å². The van der Waals surface area contributed by atoms with Crippen molar-refractivity contribution in [2.24, 2.45) is 5.73 Å². The van der Waals surface area contributed by atoms with E-state index >= 15 is 0 Å². The maximum absolute atomic E-state index is 13.0. The van der Waals surface area contributed by atoms with E-state index in [1.165, 1.54) is 12.1 Å². The number of halogens is 1. The molecule has 0 aliphatic heterocycles. The quantitative estimate of drug-likeness (QED) is 0.838. The largest absolute Gasteiger partial charge is 0.329 e. The molecule has 0 saturated heterocycles. The number of carbonyl (C=O) groups excluding carboxylic acids is 1. The van der Waals surface area contributed by atoms with Crippen LogP contribution in [0.2, 0.25) is 0 Å². The molecule has 1 aliphatic carbocycles. The average Bonchev–Trinajstić information content (AvgIpc) is 3.09. The lowest BCUT2D eigenvalue weighted by molar-refractivity contribution is 0.210. The number of nitrogens with one attached hydrogen (secondary N) is 1. The normalized spacial score (nSPS) is 14.5. The molecule has 17 heavy (non-hydrogen) atoms. The second-order valence-electron chi connectivity index (χ2n) is 4.15. The zero-order valence-electron chi connectivity index (χ0n) is 9.53. The van der Waals surface area contributed by atoms with E-state index in [2.05, 4.69) is 5.32 Å². The highest BCUT2D eigenvalue weighted by Crippen LogP contribution is 2.27. The Morgan fingerprint density at radius 2 is 2.29 bits per heavy atom. The van der Waals surface area contributed by atoms with Gasteiger partial charge in [0, 0.05) is 24.8 Å². The summed E-state index contributed by atoms with van der Waals surface area (Å²) in [6.07, 6.45) is 2.05. The van der Waals surface area contributed by atoms with Gasteiger partial charge in [-0.1, -0.05) is 6.07 Å². The fourth-order valence-corrected chi connectivity index (χ4v) is 1.74. The van der Waals surface area contributed by atoms with Gasteiger partial charge in [-0.05, 0) is 31.0 Å². The van der Waals surface area contributed by atoms with Crippen LogP contribution in [-0.4, -0.2) is 30.1 Å². The summed E-state index contributed by atoms with van der Waals surface area (Å²) in [4.78, 5) is 13.6. The first-order valence-electron chi connectivity index (χ1n) is 5.74. The van der Waals surface area contributed by atoms with Gasteiger partial charge < -0.3 is 16.0 Å². The monoisotopic (exact) mass is 237 g/mol. The van der Waals surface area contributed by atoms with Gasteiger partial charge in [0.05, 0.1) is 0 Å². The summed E-state index contributed by atoms with van der Waals surface area (Å²) in [5.41, 5.74) is 5.94. The van der Waals surface area contributed by atoms with E-state index in [1.54, 1.807) is 17.0 Å². The van der Waals surface area contributed by atoms with E-state index in [-0.39, 0.29) is 11.8 Å². The highest BCUT2D eigenvalue weighted by atomic mass is 19.1. The third kappa shape index (κ3) is 3.17. The van der Waals surface area contributed by atoms with Crippen LogP contribution in [0.3, 0.4) is 0 Å². The summed E-state index contributed by atoms with van der Waals surface area (Å²) < 4.78 is 13.0. The van der Waals surface area contributed by atoms with Crippen LogP contribution in [0.5, 0.6) is 0 Å². The third-order valence-corrected chi connectivity index (χ3v) is 2.69. The number of rotatable bonds is 4. The second-order valence-corrected chi connectivity index (χ2v) is 4.15. The zero-order chi connectivity index (χ0) is 12.3. The maximum atomic E-state index is 13.0. The minimum Gasteiger partial charge on any atom is -0.329 e. The SMILES string of the molecule is NCCN(C(=O)Nc1cccc(F)c1)C1CC1. The number of urea groups is 1. The molecular weight excluding hydrogens is 221 g/mol. The number of nitrogens with two attached hydrogens (primary N) is 1. The summed E-state index contributed by atoms with van der Waals surface area (Å²) >= 11 is 0. The molecule has 0 radical (unpaired) electrons. The van der Waals surface area contributed by atoms with Gasteiger partial charge in [0.15, 0.2) is 0 Å². The molecular formula is C12H16FN3O. The lowest BCUT2D eigenvalue weighted by atomic mass is 10.3. The Morgan fingerprint density at radius 1 is 1.53 bits per heavy atom. The predicted octanol–water partition coefficient (Wildman–Crippen LogP) is 1.78. The smallest absolute Gasteiger partial charge is 0.322 e. The predicted molar refractivity (Wildman–Crippen MR) is 64.2 cm³/mol. The van der Waals surface area contributed by atoms with Crippen LogP contribution in [0.15, 0.2) is 24.3 Å². The lowest BCUT2D eigenvalue weighted by Crippen LogP contribution is -2.40. The van der Waals surface area contributed by atoms with Crippen LogP contribution >= 0.6 is 0 Å². The molecule has 5 heteroatoms. The van der Waals surface area contributed by atoms with E-state index in [0.29, 0.717) is 24.8 Å². The Hall–Kier alpha value is -1.62. The van der Waals surface area contributed by atoms with Crippen molar-refractivity contribution in [3.8, 4) is 0 Å². The van der Waals surface area contributed by atoms with Gasteiger partial charge in [-0.15, -0.1) is 0 Å². The Bertz CT molecular complexity index is 406. The number of amides is 2. The van der Waals surface area contributed by atoms with Crippen LogP contribution in [0.25, 0.3) is 0 Å². The van der Waals surface area contributed by atoms with Crippen molar-refractivity contribution >= 4 is 11.7 Å². The molecule has 2 amide bonds. The van der Waals surface area contributed by atoms with Crippen molar-refractivity contribution < 1.29 is 9.18 Å². The van der Waals surface area contributed by atoms with E-state index in [9.17, 15) is 9.18 Å². The molecule has 1 aromatic rings. The van der Waals surface area contributed by atoms with Crippen molar-refractivity contribution in [1.82, 2.24) is 4.90 Å². The number of nitrogens with zero attached hydrogens (tertiary/aromatic N) is 1. The number of anilines is 1. The zero-order valence-corrected chi connectivity index (χ0v) is 9.53. The van der Waals surface area contributed by atoms with Gasteiger partial charge in [0.2, 0.25) is 0 Å². The third-order valence-electron chi connectivity index (χ3n) is 2.69. The summed E-state index contributed by atoms with van der Waals surface area (Å²) in [6.45, 7) is 0.971. The minimum absolute atomic E-state index is 0.205. The molecule has 1 saturated carbocycles. The van der Waals surface area contributed by atoms with Crippen molar-refractivity contribution in [3.63, 3.8) is 0 Å². The fraction of sp³-hybridized carbons (Fsp3) is 0.417. The minimum atomic E-state index is -0.361. The molecule has 1 aromatic carbocycles. The Balaban J connectivity index is 1.99. The standard InChI is InChI=1S/C12H16FN3O/c13-9-2-1-3-10(8-9)15-12(17)16(7-6-14)11-4-5-11/h1-3,8,11H,4-7,14H2,(H,15,17). The first-order valence-corrected chi connectivity index (χ1v) is 5.74. The van der Waals surface area contributed by atoms with Crippen LogP contribution in [0.4, 0.5) is 14.9 Å². The Labute approximate surface area is 99.6 Å². The van der Waals surface area contributed by atoms with Crippen molar-refractivity contribution in [2.45, 2.75) is 18.9 Å². The highest BCUT2D eigenvalue weighted by molar-refractivity contribution is 5.89. The van der Waals surface area contributed by atoms with Gasteiger partial charge in [-0.25, -0.2) is 9.18 Å². The molecule has 92 valence electrons. The fourth-order valence-electron chi connectivity index (χ4n) is 1.74. The molecule has 0 atom stereocenters. The van der Waals surface area contributed by atoms with Crippen molar-refractivity contribution in [3.05, 3.63) is 30.1 Å². The van der Waals surface area contributed by atoms with Crippen LogP contribution in [-0.2, 0) is 0 Å². The van der Waals surface area contributed by atoms with E-state index < -0.39 is 0 Å². The molecule has 1 aliphatic rings. The summed E-state index contributed by atoms with van der Waals surface area (Å²) in [5, 5.41) is 2.68. The van der Waals surface area contributed by atoms with Gasteiger partial charge in [-0.2, -0.15) is 0 Å². The maximum Gasteiger partial charge on any atom is 0.322 e. The summed E-state index contributed by atoms with van der Waals surface area (Å²) in [7, 11) is 0. The van der Waals surface area contributed by atoms with E-state index in [1.807, 2.05) is 0 Å². The average molecular weight is 237 g/mol. The van der Waals surface area contributed by atoms with Crippen LogP contribution in [0.1, 0.15) is 12.8 Å². The van der Waals surface area contributed by atoms with Gasteiger partial charge in [0.25, 0.3) is 0 Å². The molecule has 4 nitrogen and oxygen atoms in total. The lowest BCUT2D eigenvalue weighted by Gasteiger charge is -2.22. The molecule has 3 N–H and O–H groups in total. The summed E-state index contributed by atoms with van der Waals surface area (Å²) in [5.74, 6) is -0.361. The molecule has 0 bridgehead atoms. The van der Waals surface area contributed by atoms with Gasteiger partial charge in [0.1, 0.15) is 5.82 Å². The number of carbonyl (C=O) groups is 1. The highest BCUT2D eigenvalue weighted by Gasteiger charge is 2.31. The Kier molecular flexibility index (Phi) is 3.58. The van der Waals surface area contributed by atoms with Crippen molar-refractivity contribution in [1.29, 1.82) is 0 Å². The van der Waals surface area contributed by atoms with E-state index in [4.69, 9.17) is 5.73 Å². The first-order chi connectivity index (χ1) is 8.20. The molecule has 0 spiro atoms. The number of hydrogen-bond acceptors (Lipinski definition) is 2. The van der Waals surface area contributed by atoms with Crippen LogP contribution < -0.4 is 11.1 Å². The number of benzene rings is 1. The second kappa shape index (κ2) is 5.14. The van der Waals surface area contributed by atoms with Gasteiger partial charge in [-0.3, -0.25) is 0 Å². The number of hydrogen-bond donors (Lipinski definition) is 2. The topological polar surface area (TPSA) is 58.4 Å².